The fraction of sp³-hybridized carbons (Fsp3) is 0.200. The van der Waals surface area contributed by atoms with Crippen LogP contribution in [0, 0.1) is 18.6 Å². The maximum atomic E-state index is 13.2. The Bertz CT molecular complexity index is 524. The molecule has 2 aromatic rings. The van der Waals surface area contributed by atoms with Gasteiger partial charge in [-0.15, -0.1) is 0 Å². The number of benzene rings is 2. The molecule has 2 aromatic carbocycles. The monoisotopic (exact) mass is 232 g/mol. The van der Waals surface area contributed by atoms with Crippen LogP contribution in [0.25, 0.3) is 11.1 Å². The van der Waals surface area contributed by atoms with Crippen LogP contribution in [0.15, 0.2) is 36.4 Å². The number of halogens is 2. The molecule has 2 rings (SSSR count). The highest BCUT2D eigenvalue weighted by molar-refractivity contribution is 5.68. The molecule has 0 saturated heterocycles. The topological polar surface area (TPSA) is 0 Å². The Morgan fingerprint density at radius 2 is 1.65 bits per heavy atom. The molecule has 0 aliphatic heterocycles. The van der Waals surface area contributed by atoms with Crippen molar-refractivity contribution in [2.45, 2.75) is 20.3 Å². The molecule has 0 aliphatic rings. The van der Waals surface area contributed by atoms with Gasteiger partial charge in [-0.05, 0) is 47.7 Å². The van der Waals surface area contributed by atoms with Crippen molar-refractivity contribution < 1.29 is 8.78 Å². The molecule has 0 unspecified atom stereocenters. The van der Waals surface area contributed by atoms with Crippen LogP contribution in [0.2, 0.25) is 0 Å². The van der Waals surface area contributed by atoms with Gasteiger partial charge < -0.3 is 0 Å². The van der Waals surface area contributed by atoms with Gasteiger partial charge in [0.1, 0.15) is 11.6 Å². The second-order valence-electron chi connectivity index (χ2n) is 4.10. The smallest absolute Gasteiger partial charge is 0.126 e. The first kappa shape index (κ1) is 11.8. The minimum atomic E-state index is -0.540. The Balaban J connectivity index is 2.60. The van der Waals surface area contributed by atoms with Crippen LogP contribution in [-0.2, 0) is 6.42 Å². The van der Waals surface area contributed by atoms with E-state index in [-0.39, 0.29) is 0 Å². The Morgan fingerprint density at radius 3 is 2.24 bits per heavy atom. The SMILES string of the molecule is CCc1cccc(-c2cc(F)cc(F)c2)c1C. The highest BCUT2D eigenvalue weighted by atomic mass is 19.1. The van der Waals surface area contributed by atoms with Gasteiger partial charge in [-0.2, -0.15) is 0 Å². The van der Waals surface area contributed by atoms with Crippen molar-refractivity contribution in [3.05, 3.63) is 59.2 Å². The van der Waals surface area contributed by atoms with Crippen LogP contribution >= 0.6 is 0 Å². The summed E-state index contributed by atoms with van der Waals surface area (Å²) in [5.41, 5.74) is 3.77. The molecule has 0 spiro atoms. The minimum Gasteiger partial charge on any atom is -0.207 e. The predicted octanol–water partition coefficient (Wildman–Crippen LogP) is 4.50. The molecule has 0 nitrogen and oxygen atoms in total. The van der Waals surface area contributed by atoms with E-state index in [4.69, 9.17) is 0 Å². The van der Waals surface area contributed by atoms with Crippen molar-refractivity contribution >= 4 is 0 Å². The van der Waals surface area contributed by atoms with Crippen molar-refractivity contribution in [2.24, 2.45) is 0 Å². The summed E-state index contributed by atoms with van der Waals surface area (Å²) in [5.74, 6) is -1.08. The molecule has 0 amide bonds. The summed E-state index contributed by atoms with van der Waals surface area (Å²) in [6.07, 6.45) is 0.914. The first-order valence-corrected chi connectivity index (χ1v) is 5.66. The number of hydrogen-bond acceptors (Lipinski definition) is 0. The van der Waals surface area contributed by atoms with Crippen LogP contribution in [0.5, 0.6) is 0 Å². The van der Waals surface area contributed by atoms with E-state index >= 15 is 0 Å². The van der Waals surface area contributed by atoms with E-state index in [9.17, 15) is 8.78 Å². The fourth-order valence-electron chi connectivity index (χ4n) is 2.09. The molecule has 0 atom stereocenters. The highest BCUT2D eigenvalue weighted by Gasteiger charge is 2.07. The van der Waals surface area contributed by atoms with E-state index in [1.54, 1.807) is 0 Å². The molecule has 0 saturated carbocycles. The van der Waals surface area contributed by atoms with Gasteiger partial charge in [-0.25, -0.2) is 8.78 Å². The van der Waals surface area contributed by atoms with Gasteiger partial charge in [-0.1, -0.05) is 25.1 Å². The lowest BCUT2D eigenvalue weighted by Gasteiger charge is -2.10. The van der Waals surface area contributed by atoms with Gasteiger partial charge in [-0.3, -0.25) is 0 Å². The van der Waals surface area contributed by atoms with E-state index in [1.807, 2.05) is 25.1 Å². The molecule has 88 valence electrons. The number of aryl methyl sites for hydroxylation is 1. The molecular formula is C15H14F2. The van der Waals surface area contributed by atoms with Crippen LogP contribution in [0.4, 0.5) is 8.78 Å². The third kappa shape index (κ3) is 2.36. The van der Waals surface area contributed by atoms with E-state index < -0.39 is 11.6 Å². The zero-order valence-corrected chi connectivity index (χ0v) is 9.93. The molecule has 2 heteroatoms. The van der Waals surface area contributed by atoms with Gasteiger partial charge in [0, 0.05) is 6.07 Å². The standard InChI is InChI=1S/C15H14F2/c1-3-11-5-4-6-15(10(11)2)12-7-13(16)9-14(17)8-12/h4-9H,3H2,1-2H3. The molecule has 0 radical (unpaired) electrons. The van der Waals surface area contributed by atoms with Crippen molar-refractivity contribution in [3.63, 3.8) is 0 Å². The van der Waals surface area contributed by atoms with E-state index in [0.29, 0.717) is 5.56 Å². The van der Waals surface area contributed by atoms with Crippen molar-refractivity contribution in [2.75, 3.05) is 0 Å². The summed E-state index contributed by atoms with van der Waals surface area (Å²) in [6.45, 7) is 4.05. The lowest BCUT2D eigenvalue weighted by Crippen LogP contribution is -1.92. The molecule has 0 aromatic heterocycles. The summed E-state index contributed by atoms with van der Waals surface area (Å²) < 4.78 is 26.4. The van der Waals surface area contributed by atoms with Crippen LogP contribution in [-0.4, -0.2) is 0 Å². The second-order valence-corrected chi connectivity index (χ2v) is 4.10. The van der Waals surface area contributed by atoms with Gasteiger partial charge in [0.2, 0.25) is 0 Å². The maximum absolute atomic E-state index is 13.2. The largest absolute Gasteiger partial charge is 0.207 e. The lowest BCUT2D eigenvalue weighted by atomic mass is 9.95. The third-order valence-electron chi connectivity index (χ3n) is 3.00. The Hall–Kier alpha value is -1.70. The summed E-state index contributed by atoms with van der Waals surface area (Å²) in [4.78, 5) is 0. The number of hydrogen-bond donors (Lipinski definition) is 0. The molecule has 17 heavy (non-hydrogen) atoms. The normalized spacial score (nSPS) is 10.6. The minimum absolute atomic E-state index is 0.540. The van der Waals surface area contributed by atoms with Crippen molar-refractivity contribution in [3.8, 4) is 11.1 Å². The second kappa shape index (κ2) is 4.66. The molecule has 0 bridgehead atoms. The Morgan fingerprint density at radius 1 is 1.00 bits per heavy atom. The first-order valence-electron chi connectivity index (χ1n) is 5.66. The Kier molecular flexibility index (Phi) is 3.23. The maximum Gasteiger partial charge on any atom is 0.126 e. The molecule has 0 aliphatic carbocycles. The molecule has 0 heterocycles. The average Bonchev–Trinajstić information content (AvgIpc) is 2.28. The number of rotatable bonds is 2. The quantitative estimate of drug-likeness (QED) is 0.715. The summed E-state index contributed by atoms with van der Waals surface area (Å²) in [7, 11) is 0. The highest BCUT2D eigenvalue weighted by Crippen LogP contribution is 2.27. The average molecular weight is 232 g/mol. The van der Waals surface area contributed by atoms with Gasteiger partial charge in [0.25, 0.3) is 0 Å². The zero-order chi connectivity index (χ0) is 12.4. The van der Waals surface area contributed by atoms with Gasteiger partial charge in [0.05, 0.1) is 0 Å². The summed E-state index contributed by atoms with van der Waals surface area (Å²) in [6, 6.07) is 9.47. The van der Waals surface area contributed by atoms with E-state index in [1.165, 1.54) is 17.7 Å². The van der Waals surface area contributed by atoms with Crippen LogP contribution in [0.3, 0.4) is 0 Å². The predicted molar refractivity (Wildman–Crippen MR) is 65.9 cm³/mol. The van der Waals surface area contributed by atoms with E-state index in [2.05, 4.69) is 6.92 Å². The van der Waals surface area contributed by atoms with Crippen LogP contribution in [0.1, 0.15) is 18.1 Å². The van der Waals surface area contributed by atoms with Gasteiger partial charge in [0.15, 0.2) is 0 Å². The fourth-order valence-corrected chi connectivity index (χ4v) is 2.09. The summed E-state index contributed by atoms with van der Waals surface area (Å²) in [5, 5.41) is 0. The first-order chi connectivity index (χ1) is 8.11. The van der Waals surface area contributed by atoms with Crippen molar-refractivity contribution in [1.29, 1.82) is 0 Å². The lowest BCUT2D eigenvalue weighted by molar-refractivity contribution is 0.584. The van der Waals surface area contributed by atoms with E-state index in [0.717, 1.165) is 23.6 Å². The van der Waals surface area contributed by atoms with Crippen LogP contribution < -0.4 is 0 Å². The molecule has 0 N–H and O–H groups in total. The molecule has 0 fully saturated rings. The van der Waals surface area contributed by atoms with Gasteiger partial charge >= 0.3 is 0 Å². The third-order valence-corrected chi connectivity index (χ3v) is 3.00. The molecular weight excluding hydrogens is 218 g/mol. The zero-order valence-electron chi connectivity index (χ0n) is 9.93. The summed E-state index contributed by atoms with van der Waals surface area (Å²) >= 11 is 0. The van der Waals surface area contributed by atoms with Crippen molar-refractivity contribution in [1.82, 2.24) is 0 Å². The Labute approximate surface area is 99.9 Å².